The van der Waals surface area contributed by atoms with Gasteiger partial charge in [-0.25, -0.2) is 4.98 Å². The summed E-state index contributed by atoms with van der Waals surface area (Å²) in [7, 11) is 0. The van der Waals surface area contributed by atoms with E-state index < -0.39 is 0 Å². The number of aromatic nitrogens is 2. The van der Waals surface area contributed by atoms with Crippen LogP contribution in [0.5, 0.6) is 0 Å². The summed E-state index contributed by atoms with van der Waals surface area (Å²) in [6, 6.07) is 7.37. The van der Waals surface area contributed by atoms with E-state index in [1.807, 2.05) is 35.0 Å². The van der Waals surface area contributed by atoms with Gasteiger partial charge in [-0.1, -0.05) is 6.07 Å². The molecular weight excluding hydrogens is 138 g/mol. The van der Waals surface area contributed by atoms with E-state index in [1.165, 1.54) is 0 Å². The monoisotopic (exact) mass is 145 g/mol. The summed E-state index contributed by atoms with van der Waals surface area (Å²) in [6.07, 6.45) is 3.73. The molecule has 3 nitrogen and oxygen atoms in total. The Bertz CT molecular complexity index is 430. The molecule has 2 rings (SSSR count). The van der Waals surface area contributed by atoms with E-state index in [9.17, 15) is 0 Å². The van der Waals surface area contributed by atoms with Crippen LogP contribution in [-0.4, -0.2) is 9.38 Å². The molecule has 0 atom stereocenters. The Morgan fingerprint density at radius 3 is 3.00 bits per heavy atom. The van der Waals surface area contributed by atoms with Gasteiger partial charge in [0.05, 0.1) is 0 Å². The molecule has 0 amide bonds. The first kappa shape index (κ1) is 6.09. The lowest BCUT2D eigenvalue weighted by Gasteiger charge is -1.96. The van der Waals surface area contributed by atoms with Gasteiger partial charge in [-0.05, 0) is 18.2 Å². The van der Waals surface area contributed by atoms with Crippen LogP contribution in [0.4, 0.5) is 0 Å². The third-order valence-electron chi connectivity index (χ3n) is 1.50. The Morgan fingerprint density at radius 2 is 2.09 bits per heavy atom. The van der Waals surface area contributed by atoms with Crippen LogP contribution < -0.4 is 5.49 Å². The van der Waals surface area contributed by atoms with Crippen LogP contribution in [0.25, 0.3) is 5.65 Å². The number of fused-ring (bicyclic) bond motifs is 1. The molecule has 0 spiro atoms. The van der Waals surface area contributed by atoms with Crippen molar-refractivity contribution in [3.05, 3.63) is 42.1 Å². The van der Waals surface area contributed by atoms with Gasteiger partial charge >= 0.3 is 0 Å². The van der Waals surface area contributed by atoms with Crippen LogP contribution in [0.2, 0.25) is 0 Å². The summed E-state index contributed by atoms with van der Waals surface area (Å²) in [5.41, 5.74) is 1.11. The Morgan fingerprint density at radius 1 is 1.18 bits per heavy atom. The van der Waals surface area contributed by atoms with Crippen molar-refractivity contribution in [3.63, 3.8) is 0 Å². The van der Waals surface area contributed by atoms with Gasteiger partial charge in [-0.3, -0.25) is 5.41 Å². The molecule has 11 heavy (non-hydrogen) atoms. The predicted octanol–water partition coefficient (Wildman–Crippen LogP) is 0.814. The van der Waals surface area contributed by atoms with E-state index in [4.69, 9.17) is 5.41 Å². The molecule has 1 N–H and O–H groups in total. The summed E-state index contributed by atoms with van der Waals surface area (Å²) >= 11 is 0. The normalized spacial score (nSPS) is 10.2. The molecule has 2 heterocycles. The molecule has 0 saturated heterocycles. The SMILES string of the molecule is N=c1ccn2ccccc2n1. The molecule has 0 fully saturated rings. The van der Waals surface area contributed by atoms with Crippen LogP contribution in [0.15, 0.2) is 36.7 Å². The summed E-state index contributed by atoms with van der Waals surface area (Å²) in [6.45, 7) is 0. The van der Waals surface area contributed by atoms with Crippen LogP contribution in [0, 0.1) is 5.41 Å². The standard InChI is InChI=1S/C8H7N3/c9-7-4-6-11-5-2-1-3-8(11)10-7/h1-6,9H. The van der Waals surface area contributed by atoms with Crippen LogP contribution in [0.3, 0.4) is 0 Å². The van der Waals surface area contributed by atoms with Crippen molar-refractivity contribution in [2.45, 2.75) is 0 Å². The third-order valence-corrected chi connectivity index (χ3v) is 1.50. The first-order valence-electron chi connectivity index (χ1n) is 3.35. The van der Waals surface area contributed by atoms with E-state index in [2.05, 4.69) is 4.98 Å². The fourth-order valence-electron chi connectivity index (χ4n) is 0.979. The second-order valence-corrected chi connectivity index (χ2v) is 2.28. The van der Waals surface area contributed by atoms with Crippen molar-refractivity contribution in [1.82, 2.24) is 9.38 Å². The molecule has 2 aromatic rings. The van der Waals surface area contributed by atoms with Crippen molar-refractivity contribution >= 4 is 5.65 Å². The summed E-state index contributed by atoms with van der Waals surface area (Å²) in [4.78, 5) is 4.01. The highest BCUT2D eigenvalue weighted by Gasteiger charge is 1.87. The zero-order valence-electron chi connectivity index (χ0n) is 5.86. The van der Waals surface area contributed by atoms with Crippen LogP contribution in [-0.2, 0) is 0 Å². The molecule has 3 heteroatoms. The molecule has 0 aliphatic heterocycles. The Hall–Kier alpha value is -1.64. The third kappa shape index (κ3) is 1.00. The van der Waals surface area contributed by atoms with Gasteiger partial charge in [-0.2, -0.15) is 0 Å². The van der Waals surface area contributed by atoms with Crippen molar-refractivity contribution in [2.24, 2.45) is 0 Å². The van der Waals surface area contributed by atoms with Crippen molar-refractivity contribution in [3.8, 4) is 0 Å². The van der Waals surface area contributed by atoms with Gasteiger partial charge in [0, 0.05) is 12.4 Å². The van der Waals surface area contributed by atoms with Crippen molar-refractivity contribution in [2.75, 3.05) is 0 Å². The fraction of sp³-hybridized carbons (Fsp3) is 0. The van der Waals surface area contributed by atoms with Gasteiger partial charge in [0.1, 0.15) is 11.1 Å². The predicted molar refractivity (Wildman–Crippen MR) is 41.0 cm³/mol. The second kappa shape index (κ2) is 2.20. The zero-order valence-corrected chi connectivity index (χ0v) is 5.86. The van der Waals surface area contributed by atoms with E-state index in [-0.39, 0.29) is 0 Å². The zero-order chi connectivity index (χ0) is 7.68. The number of nitrogens with zero attached hydrogens (tertiary/aromatic N) is 2. The summed E-state index contributed by atoms with van der Waals surface area (Å²) < 4.78 is 1.87. The molecule has 0 bridgehead atoms. The molecule has 0 aromatic carbocycles. The molecule has 54 valence electrons. The summed E-state index contributed by atoms with van der Waals surface area (Å²) in [5.74, 6) is 0. The minimum atomic E-state index is 0.302. The quantitative estimate of drug-likeness (QED) is 0.585. The Kier molecular flexibility index (Phi) is 1.22. The van der Waals surface area contributed by atoms with Crippen molar-refractivity contribution < 1.29 is 0 Å². The lowest BCUT2D eigenvalue weighted by molar-refractivity contribution is 1.02. The molecule has 0 saturated carbocycles. The topological polar surface area (TPSA) is 41.2 Å². The number of pyridine rings is 1. The maximum Gasteiger partial charge on any atom is 0.148 e. The maximum absolute atomic E-state index is 7.25. The first-order valence-corrected chi connectivity index (χ1v) is 3.35. The molecule has 0 radical (unpaired) electrons. The second-order valence-electron chi connectivity index (χ2n) is 2.28. The van der Waals surface area contributed by atoms with E-state index >= 15 is 0 Å². The molecular formula is C8H7N3. The molecule has 0 aliphatic carbocycles. The van der Waals surface area contributed by atoms with Gasteiger partial charge in [-0.15, -0.1) is 0 Å². The molecule has 0 aliphatic rings. The number of hydrogen-bond donors (Lipinski definition) is 1. The van der Waals surface area contributed by atoms with Crippen LogP contribution in [0.1, 0.15) is 0 Å². The van der Waals surface area contributed by atoms with Gasteiger partial charge < -0.3 is 4.40 Å². The number of hydrogen-bond acceptors (Lipinski definition) is 2. The average molecular weight is 145 g/mol. The first-order chi connectivity index (χ1) is 5.36. The van der Waals surface area contributed by atoms with Crippen molar-refractivity contribution in [1.29, 1.82) is 5.41 Å². The van der Waals surface area contributed by atoms with Gasteiger partial charge in [0.25, 0.3) is 0 Å². The average Bonchev–Trinajstić information content (AvgIpc) is 2.04. The van der Waals surface area contributed by atoms with Gasteiger partial charge in [0.2, 0.25) is 0 Å². The number of nitrogens with one attached hydrogen (secondary N) is 1. The minimum Gasteiger partial charge on any atom is -0.308 e. The Labute approximate surface area is 63.5 Å². The highest BCUT2D eigenvalue weighted by molar-refractivity contribution is 5.35. The lowest BCUT2D eigenvalue weighted by Crippen LogP contribution is -2.06. The lowest BCUT2D eigenvalue weighted by atomic mass is 10.4. The smallest absolute Gasteiger partial charge is 0.148 e. The van der Waals surface area contributed by atoms with E-state index in [1.54, 1.807) is 6.07 Å². The molecule has 2 aromatic heterocycles. The highest BCUT2D eigenvalue weighted by Crippen LogP contribution is 1.93. The maximum atomic E-state index is 7.25. The van der Waals surface area contributed by atoms with E-state index in [0.29, 0.717) is 5.49 Å². The fourth-order valence-corrected chi connectivity index (χ4v) is 0.979. The number of rotatable bonds is 0. The van der Waals surface area contributed by atoms with Gasteiger partial charge in [0.15, 0.2) is 0 Å². The Balaban J connectivity index is 2.94. The van der Waals surface area contributed by atoms with Crippen LogP contribution >= 0.6 is 0 Å². The highest BCUT2D eigenvalue weighted by atomic mass is 15.0. The summed E-state index contributed by atoms with van der Waals surface area (Å²) in [5, 5.41) is 7.25. The largest absolute Gasteiger partial charge is 0.308 e. The van der Waals surface area contributed by atoms with E-state index in [0.717, 1.165) is 5.65 Å². The molecule has 0 unspecified atom stereocenters. The minimum absolute atomic E-state index is 0.302.